The lowest BCUT2D eigenvalue weighted by Gasteiger charge is -2.31. The molecule has 1 heterocycles. The zero-order valence-corrected chi connectivity index (χ0v) is 13.4. The van der Waals surface area contributed by atoms with Crippen LogP contribution in [0.15, 0.2) is 18.2 Å². The lowest BCUT2D eigenvalue weighted by atomic mass is 9.82. The summed E-state index contributed by atoms with van der Waals surface area (Å²) in [6, 6.07) is 6.12. The number of aryl methyl sites for hydroxylation is 1. The normalized spacial score (nSPS) is 20.4. The van der Waals surface area contributed by atoms with Gasteiger partial charge in [0.2, 0.25) is 5.91 Å². The zero-order valence-electron chi connectivity index (χ0n) is 13.4. The van der Waals surface area contributed by atoms with Crippen molar-refractivity contribution >= 4 is 17.3 Å². The number of rotatable bonds is 3. The lowest BCUT2D eigenvalue weighted by molar-refractivity contribution is -0.122. The molecule has 1 fully saturated rings. The van der Waals surface area contributed by atoms with Crippen LogP contribution in [0.25, 0.3) is 0 Å². The van der Waals surface area contributed by atoms with E-state index in [-0.39, 0.29) is 12.3 Å². The molecule has 1 amide bonds. The first-order valence-corrected chi connectivity index (χ1v) is 8.42. The van der Waals surface area contributed by atoms with Crippen LogP contribution in [0.5, 0.6) is 0 Å². The molecule has 0 radical (unpaired) electrons. The van der Waals surface area contributed by atoms with Crippen molar-refractivity contribution in [1.29, 1.82) is 0 Å². The molecule has 4 nitrogen and oxygen atoms in total. The smallest absolute Gasteiger partial charge is 0.227 e. The summed E-state index contributed by atoms with van der Waals surface area (Å²) in [5, 5.41) is 13.4. The second-order valence-corrected chi connectivity index (χ2v) is 6.88. The Kier molecular flexibility index (Phi) is 4.39. The number of hydrogen-bond donors (Lipinski definition) is 2. The quantitative estimate of drug-likeness (QED) is 0.902. The topological polar surface area (TPSA) is 52.6 Å². The average Bonchev–Trinajstić information content (AvgIpc) is 2.47. The van der Waals surface area contributed by atoms with E-state index >= 15 is 0 Å². The van der Waals surface area contributed by atoms with E-state index < -0.39 is 5.60 Å². The number of nitrogens with zero attached hydrogens (tertiary/aromatic N) is 1. The molecule has 2 N–H and O–H groups in total. The van der Waals surface area contributed by atoms with Crippen molar-refractivity contribution in [3.8, 4) is 0 Å². The molecular weight excluding hydrogens is 276 g/mol. The SMILES string of the molecule is CN1CCCc2cc(NC(=O)CC3(O)CCCCC3)ccc21. The number of nitrogens with one attached hydrogen (secondary N) is 1. The summed E-state index contributed by atoms with van der Waals surface area (Å²) in [5.41, 5.74) is 2.60. The van der Waals surface area contributed by atoms with Gasteiger partial charge >= 0.3 is 0 Å². The van der Waals surface area contributed by atoms with Crippen molar-refractivity contribution in [2.24, 2.45) is 0 Å². The average molecular weight is 302 g/mol. The van der Waals surface area contributed by atoms with Gasteiger partial charge < -0.3 is 15.3 Å². The number of aliphatic hydroxyl groups is 1. The van der Waals surface area contributed by atoms with Gasteiger partial charge in [0, 0.05) is 25.0 Å². The van der Waals surface area contributed by atoms with Crippen molar-refractivity contribution in [2.75, 3.05) is 23.8 Å². The van der Waals surface area contributed by atoms with Gasteiger partial charge in [-0.05, 0) is 49.4 Å². The van der Waals surface area contributed by atoms with Crippen LogP contribution in [0.1, 0.15) is 50.5 Å². The molecule has 3 rings (SSSR count). The summed E-state index contributed by atoms with van der Waals surface area (Å²) in [6.45, 7) is 1.09. The molecule has 0 aromatic heterocycles. The van der Waals surface area contributed by atoms with Crippen molar-refractivity contribution in [1.82, 2.24) is 0 Å². The monoisotopic (exact) mass is 302 g/mol. The third kappa shape index (κ3) is 3.43. The summed E-state index contributed by atoms with van der Waals surface area (Å²) >= 11 is 0. The molecule has 0 unspecified atom stereocenters. The van der Waals surface area contributed by atoms with Gasteiger partial charge in [0.15, 0.2) is 0 Å². The highest BCUT2D eigenvalue weighted by Gasteiger charge is 2.31. The van der Waals surface area contributed by atoms with E-state index in [0.717, 1.165) is 50.8 Å². The van der Waals surface area contributed by atoms with Crippen LogP contribution >= 0.6 is 0 Å². The predicted octanol–water partition coefficient (Wildman–Crippen LogP) is 3.09. The molecule has 22 heavy (non-hydrogen) atoms. The van der Waals surface area contributed by atoms with Crippen LogP contribution in [0.4, 0.5) is 11.4 Å². The summed E-state index contributed by atoms with van der Waals surface area (Å²) in [4.78, 5) is 14.5. The van der Waals surface area contributed by atoms with E-state index in [0.29, 0.717) is 0 Å². The summed E-state index contributed by atoms with van der Waals surface area (Å²) < 4.78 is 0. The second-order valence-electron chi connectivity index (χ2n) is 6.88. The maximum atomic E-state index is 12.2. The Balaban J connectivity index is 1.64. The maximum absolute atomic E-state index is 12.2. The first kappa shape index (κ1) is 15.3. The Hall–Kier alpha value is -1.55. The van der Waals surface area contributed by atoms with Gasteiger partial charge in [-0.25, -0.2) is 0 Å². The third-order valence-electron chi connectivity index (χ3n) is 4.99. The fourth-order valence-corrected chi connectivity index (χ4v) is 3.75. The van der Waals surface area contributed by atoms with Gasteiger partial charge in [-0.3, -0.25) is 4.79 Å². The number of carbonyl (C=O) groups excluding carboxylic acids is 1. The molecule has 4 heteroatoms. The molecule has 1 aliphatic heterocycles. The van der Waals surface area contributed by atoms with Crippen LogP contribution in [-0.4, -0.2) is 30.2 Å². The predicted molar refractivity (Wildman–Crippen MR) is 89.3 cm³/mol. The van der Waals surface area contributed by atoms with Gasteiger partial charge in [0.1, 0.15) is 0 Å². The van der Waals surface area contributed by atoms with Gasteiger partial charge in [-0.15, -0.1) is 0 Å². The minimum Gasteiger partial charge on any atom is -0.389 e. The highest BCUT2D eigenvalue weighted by molar-refractivity contribution is 5.91. The van der Waals surface area contributed by atoms with E-state index in [1.165, 1.54) is 17.7 Å². The molecule has 0 saturated heterocycles. The molecule has 1 aromatic carbocycles. The Morgan fingerprint density at radius 1 is 1.27 bits per heavy atom. The van der Waals surface area contributed by atoms with Gasteiger partial charge in [-0.2, -0.15) is 0 Å². The number of anilines is 2. The van der Waals surface area contributed by atoms with Crippen LogP contribution in [0, 0.1) is 0 Å². The minimum absolute atomic E-state index is 0.0754. The van der Waals surface area contributed by atoms with Crippen molar-refractivity contribution < 1.29 is 9.90 Å². The summed E-state index contributed by atoms with van der Waals surface area (Å²) in [6.07, 6.45) is 7.13. The molecule has 2 aliphatic rings. The lowest BCUT2D eigenvalue weighted by Crippen LogP contribution is -2.35. The number of benzene rings is 1. The van der Waals surface area contributed by atoms with Crippen LogP contribution < -0.4 is 10.2 Å². The van der Waals surface area contributed by atoms with Crippen LogP contribution in [-0.2, 0) is 11.2 Å². The molecule has 0 atom stereocenters. The minimum atomic E-state index is -0.795. The Morgan fingerprint density at radius 3 is 2.82 bits per heavy atom. The van der Waals surface area contributed by atoms with E-state index in [9.17, 15) is 9.90 Å². The van der Waals surface area contributed by atoms with Crippen molar-refractivity contribution in [3.05, 3.63) is 23.8 Å². The number of amides is 1. The molecular formula is C18H26N2O2. The maximum Gasteiger partial charge on any atom is 0.227 e. The molecule has 120 valence electrons. The van der Waals surface area contributed by atoms with Crippen LogP contribution in [0.2, 0.25) is 0 Å². The Bertz CT molecular complexity index is 550. The van der Waals surface area contributed by atoms with E-state index in [4.69, 9.17) is 0 Å². The molecule has 0 bridgehead atoms. The highest BCUT2D eigenvalue weighted by Crippen LogP contribution is 2.32. The Morgan fingerprint density at radius 2 is 2.05 bits per heavy atom. The van der Waals surface area contributed by atoms with Gasteiger partial charge in [0.25, 0.3) is 0 Å². The van der Waals surface area contributed by atoms with Crippen molar-refractivity contribution in [2.45, 2.75) is 57.0 Å². The van der Waals surface area contributed by atoms with E-state index in [2.05, 4.69) is 29.4 Å². The van der Waals surface area contributed by atoms with E-state index in [1.54, 1.807) is 0 Å². The third-order valence-corrected chi connectivity index (χ3v) is 4.99. The highest BCUT2D eigenvalue weighted by atomic mass is 16.3. The number of fused-ring (bicyclic) bond motifs is 1. The summed E-state index contributed by atoms with van der Waals surface area (Å²) in [7, 11) is 2.11. The zero-order chi connectivity index (χ0) is 15.6. The summed E-state index contributed by atoms with van der Waals surface area (Å²) in [5.74, 6) is -0.0754. The molecule has 1 aromatic rings. The standard InChI is InChI=1S/C18H26N2O2/c1-20-11-5-6-14-12-15(7-8-16(14)20)19-17(21)13-18(22)9-3-2-4-10-18/h7-8,12,22H,2-6,9-11,13H2,1H3,(H,19,21). The second kappa shape index (κ2) is 6.29. The largest absolute Gasteiger partial charge is 0.389 e. The Labute approximate surface area is 132 Å². The fraction of sp³-hybridized carbons (Fsp3) is 0.611. The molecule has 1 aliphatic carbocycles. The first-order valence-electron chi connectivity index (χ1n) is 8.42. The first-order chi connectivity index (χ1) is 10.6. The fourth-order valence-electron chi connectivity index (χ4n) is 3.75. The number of carbonyl (C=O) groups is 1. The van der Waals surface area contributed by atoms with Gasteiger partial charge in [-0.1, -0.05) is 19.3 Å². The van der Waals surface area contributed by atoms with Gasteiger partial charge in [0.05, 0.1) is 12.0 Å². The van der Waals surface area contributed by atoms with E-state index in [1.807, 2.05) is 6.07 Å². The molecule has 0 spiro atoms. The molecule has 1 saturated carbocycles. The van der Waals surface area contributed by atoms with Crippen molar-refractivity contribution in [3.63, 3.8) is 0 Å². The van der Waals surface area contributed by atoms with Crippen LogP contribution in [0.3, 0.4) is 0 Å². The number of hydrogen-bond acceptors (Lipinski definition) is 3.